The number of nitrogens with two attached hydrogens (primary N) is 1. The zero-order chi connectivity index (χ0) is 14.7. The quantitative estimate of drug-likeness (QED) is 0.813. The van der Waals surface area contributed by atoms with Crippen molar-refractivity contribution >= 4 is 22.6 Å². The molecular formula is C13H13FIN3O2. The van der Waals surface area contributed by atoms with Crippen LogP contribution in [0.5, 0.6) is 11.8 Å². The van der Waals surface area contributed by atoms with Gasteiger partial charge in [-0.1, -0.05) is 6.07 Å². The van der Waals surface area contributed by atoms with Crippen molar-refractivity contribution in [3.05, 3.63) is 45.0 Å². The summed E-state index contributed by atoms with van der Waals surface area (Å²) in [6, 6.07) is 3.85. The maximum Gasteiger partial charge on any atom is 0.240 e. The number of aromatic nitrogens is 2. The number of methoxy groups -OCH3 is 2. The lowest BCUT2D eigenvalue weighted by molar-refractivity contribution is 0.355. The van der Waals surface area contributed by atoms with Crippen LogP contribution in [0.1, 0.15) is 17.3 Å². The predicted octanol–water partition coefficient (Wildman–Crippen LogP) is 2.29. The van der Waals surface area contributed by atoms with E-state index in [0.29, 0.717) is 11.6 Å². The third-order valence-corrected chi connectivity index (χ3v) is 3.67. The summed E-state index contributed by atoms with van der Waals surface area (Å²) in [4.78, 5) is 8.37. The van der Waals surface area contributed by atoms with E-state index in [4.69, 9.17) is 15.2 Å². The number of halogens is 2. The molecule has 2 aromatic rings. The molecule has 0 amide bonds. The van der Waals surface area contributed by atoms with Gasteiger partial charge in [0.25, 0.3) is 0 Å². The van der Waals surface area contributed by atoms with Crippen molar-refractivity contribution < 1.29 is 13.9 Å². The highest BCUT2D eigenvalue weighted by Crippen LogP contribution is 2.29. The highest BCUT2D eigenvalue weighted by Gasteiger charge is 2.20. The molecule has 1 aromatic carbocycles. The number of ether oxygens (including phenoxy) is 2. The Kier molecular flexibility index (Phi) is 4.71. The Labute approximate surface area is 129 Å². The predicted molar refractivity (Wildman–Crippen MR) is 80.3 cm³/mol. The summed E-state index contributed by atoms with van der Waals surface area (Å²) in [7, 11) is 2.97. The molecule has 0 aliphatic carbocycles. The second-order valence-corrected chi connectivity index (χ2v) is 5.11. The van der Waals surface area contributed by atoms with Gasteiger partial charge in [0.05, 0.1) is 26.5 Å². The van der Waals surface area contributed by atoms with Gasteiger partial charge in [-0.05, 0) is 40.3 Å². The smallest absolute Gasteiger partial charge is 0.240 e. The van der Waals surface area contributed by atoms with Crippen molar-refractivity contribution in [2.75, 3.05) is 14.2 Å². The lowest BCUT2D eigenvalue weighted by Crippen LogP contribution is -2.17. The van der Waals surface area contributed by atoms with E-state index in [2.05, 4.69) is 9.97 Å². The third-order valence-electron chi connectivity index (χ3n) is 2.74. The highest BCUT2D eigenvalue weighted by atomic mass is 127. The molecule has 1 atom stereocenters. The summed E-state index contributed by atoms with van der Waals surface area (Å²) in [5.41, 5.74) is 7.41. The van der Waals surface area contributed by atoms with Gasteiger partial charge < -0.3 is 15.2 Å². The molecule has 0 fully saturated rings. The van der Waals surface area contributed by atoms with Crippen molar-refractivity contribution in [1.82, 2.24) is 9.97 Å². The molecule has 0 aliphatic heterocycles. The van der Waals surface area contributed by atoms with Crippen molar-refractivity contribution in [1.29, 1.82) is 0 Å². The van der Waals surface area contributed by atoms with Crippen LogP contribution in [0.15, 0.2) is 24.4 Å². The Balaban J connectivity index is 2.44. The SMILES string of the molecule is COc1cnc(C(N)c2ccc(F)cc2I)c(OC)n1. The molecule has 0 aliphatic rings. The Morgan fingerprint density at radius 1 is 1.30 bits per heavy atom. The number of hydrogen-bond donors (Lipinski definition) is 1. The van der Waals surface area contributed by atoms with E-state index < -0.39 is 6.04 Å². The van der Waals surface area contributed by atoms with Gasteiger partial charge >= 0.3 is 0 Å². The fourth-order valence-corrected chi connectivity index (χ4v) is 2.54. The second-order valence-electron chi connectivity index (χ2n) is 3.95. The molecule has 5 nitrogen and oxygen atoms in total. The summed E-state index contributed by atoms with van der Waals surface area (Å²) >= 11 is 2.03. The maximum atomic E-state index is 13.1. The zero-order valence-corrected chi connectivity index (χ0v) is 13.1. The molecule has 106 valence electrons. The summed E-state index contributed by atoms with van der Waals surface area (Å²) in [6.45, 7) is 0. The fourth-order valence-electron chi connectivity index (χ4n) is 1.73. The molecule has 0 saturated heterocycles. The van der Waals surface area contributed by atoms with Crippen LogP contribution in [-0.2, 0) is 0 Å². The van der Waals surface area contributed by atoms with Crippen molar-refractivity contribution in [2.24, 2.45) is 5.73 Å². The number of benzene rings is 1. The van der Waals surface area contributed by atoms with E-state index in [1.165, 1.54) is 32.5 Å². The lowest BCUT2D eigenvalue weighted by atomic mass is 10.0. The zero-order valence-electron chi connectivity index (χ0n) is 10.9. The van der Waals surface area contributed by atoms with Gasteiger partial charge in [0.2, 0.25) is 11.8 Å². The summed E-state index contributed by atoms with van der Waals surface area (Å²) in [5.74, 6) is 0.321. The van der Waals surface area contributed by atoms with Crippen molar-refractivity contribution in [3.63, 3.8) is 0 Å². The minimum absolute atomic E-state index is 0.289. The van der Waals surface area contributed by atoms with E-state index in [1.54, 1.807) is 6.07 Å². The molecule has 1 unspecified atom stereocenters. The van der Waals surface area contributed by atoms with E-state index >= 15 is 0 Å². The van der Waals surface area contributed by atoms with Crippen molar-refractivity contribution in [2.45, 2.75) is 6.04 Å². The van der Waals surface area contributed by atoms with Crippen LogP contribution in [-0.4, -0.2) is 24.2 Å². The van der Waals surface area contributed by atoms with Crippen LogP contribution in [0.2, 0.25) is 0 Å². The van der Waals surface area contributed by atoms with Gasteiger partial charge in [-0.25, -0.2) is 9.37 Å². The molecule has 2 rings (SSSR count). The van der Waals surface area contributed by atoms with E-state index in [0.717, 1.165) is 9.13 Å². The molecular weight excluding hydrogens is 376 g/mol. The monoisotopic (exact) mass is 389 g/mol. The molecule has 1 heterocycles. The summed E-state index contributed by atoms with van der Waals surface area (Å²) in [5, 5.41) is 0. The first kappa shape index (κ1) is 14.9. The van der Waals surface area contributed by atoms with Crippen LogP contribution in [0.3, 0.4) is 0 Å². The van der Waals surface area contributed by atoms with Crippen LogP contribution in [0.4, 0.5) is 4.39 Å². The standard InChI is InChI=1S/C13H13FIN3O2/c1-19-10-6-17-12(13(18-10)20-2)11(16)8-4-3-7(14)5-9(8)15/h3-6,11H,16H2,1-2H3. The largest absolute Gasteiger partial charge is 0.480 e. The Morgan fingerprint density at radius 3 is 2.65 bits per heavy atom. The first-order chi connectivity index (χ1) is 9.56. The van der Waals surface area contributed by atoms with Gasteiger partial charge in [-0.3, -0.25) is 0 Å². The average Bonchev–Trinajstić information content (AvgIpc) is 2.46. The van der Waals surface area contributed by atoms with E-state index in [1.807, 2.05) is 22.6 Å². The van der Waals surface area contributed by atoms with Gasteiger partial charge in [-0.15, -0.1) is 0 Å². The topological polar surface area (TPSA) is 70.3 Å². The summed E-state index contributed by atoms with van der Waals surface area (Å²) in [6.07, 6.45) is 1.47. The van der Waals surface area contributed by atoms with Crippen LogP contribution in [0.25, 0.3) is 0 Å². The molecule has 0 spiro atoms. The second kappa shape index (κ2) is 6.31. The molecule has 2 N–H and O–H groups in total. The van der Waals surface area contributed by atoms with Gasteiger partial charge in [0.1, 0.15) is 11.5 Å². The van der Waals surface area contributed by atoms with Gasteiger partial charge in [0.15, 0.2) is 0 Å². The van der Waals surface area contributed by atoms with Crippen molar-refractivity contribution in [3.8, 4) is 11.8 Å². The average molecular weight is 389 g/mol. The molecule has 7 heteroatoms. The van der Waals surface area contributed by atoms with Crippen LogP contribution in [0, 0.1) is 9.39 Å². The van der Waals surface area contributed by atoms with Gasteiger partial charge in [0, 0.05) is 3.57 Å². The first-order valence-corrected chi connectivity index (χ1v) is 6.80. The number of nitrogens with zero attached hydrogens (tertiary/aromatic N) is 2. The molecule has 0 saturated carbocycles. The first-order valence-electron chi connectivity index (χ1n) is 5.72. The maximum absolute atomic E-state index is 13.1. The molecule has 20 heavy (non-hydrogen) atoms. The Bertz CT molecular complexity index is 625. The van der Waals surface area contributed by atoms with Crippen LogP contribution < -0.4 is 15.2 Å². The van der Waals surface area contributed by atoms with Gasteiger partial charge in [-0.2, -0.15) is 4.98 Å². The van der Waals surface area contributed by atoms with E-state index in [9.17, 15) is 4.39 Å². The molecule has 0 bridgehead atoms. The minimum Gasteiger partial charge on any atom is -0.480 e. The normalized spacial score (nSPS) is 12.1. The summed E-state index contributed by atoms with van der Waals surface area (Å²) < 4.78 is 24.0. The third kappa shape index (κ3) is 2.98. The number of hydrogen-bond acceptors (Lipinski definition) is 5. The molecule has 0 radical (unpaired) electrons. The lowest BCUT2D eigenvalue weighted by Gasteiger charge is -2.16. The molecule has 1 aromatic heterocycles. The fraction of sp³-hybridized carbons (Fsp3) is 0.231. The Hall–Kier alpha value is -1.48. The number of rotatable bonds is 4. The van der Waals surface area contributed by atoms with E-state index in [-0.39, 0.29) is 11.7 Å². The minimum atomic E-state index is -0.559. The Morgan fingerprint density at radius 2 is 2.05 bits per heavy atom. The highest BCUT2D eigenvalue weighted by molar-refractivity contribution is 14.1. The van der Waals surface area contributed by atoms with Crippen LogP contribution >= 0.6 is 22.6 Å².